The number of fused-ring (bicyclic) bond motifs is 10. The molecular weight excluding hydrogens is 583 g/mol. The molecule has 0 spiro atoms. The summed E-state index contributed by atoms with van der Waals surface area (Å²) in [6, 6.07) is 59.6. The van der Waals surface area contributed by atoms with Crippen molar-refractivity contribution in [3.63, 3.8) is 0 Å². The number of nitrogens with zero attached hydrogens (tertiary/aromatic N) is 3. The van der Waals surface area contributed by atoms with Gasteiger partial charge >= 0.3 is 0 Å². The first-order valence-corrected chi connectivity index (χ1v) is 16.5. The van der Waals surface area contributed by atoms with E-state index in [-0.39, 0.29) is 0 Å². The molecule has 0 N–H and O–H groups in total. The zero-order chi connectivity index (χ0) is 31.3. The molecule has 3 heterocycles. The Morgan fingerprint density at radius 3 is 1.71 bits per heavy atom. The standard InChI is InChI=1S/C45H27N3/c1-3-11-28(12-4-1)34-19-20-36(29-13-5-2-6-14-29)37(21-34)35-23-39-38-22-30-15-7-9-17-32(30)25-41(38)48-44(39)43(27-35)47-42-26-33-18-10-8-16-31(33)24-40(42)46-45(47)48/h1-27H. The van der Waals surface area contributed by atoms with E-state index in [9.17, 15) is 0 Å². The van der Waals surface area contributed by atoms with Crippen LogP contribution in [0.1, 0.15) is 0 Å². The Kier molecular flexibility index (Phi) is 5.11. The zero-order valence-corrected chi connectivity index (χ0v) is 25.9. The second-order valence-electron chi connectivity index (χ2n) is 12.9. The number of hydrogen-bond acceptors (Lipinski definition) is 1. The summed E-state index contributed by atoms with van der Waals surface area (Å²) in [6.07, 6.45) is 0. The lowest BCUT2D eigenvalue weighted by Crippen LogP contribution is -1.89. The molecule has 48 heavy (non-hydrogen) atoms. The van der Waals surface area contributed by atoms with Crippen molar-refractivity contribution in [2.75, 3.05) is 0 Å². The first-order chi connectivity index (χ1) is 23.8. The topological polar surface area (TPSA) is 21.7 Å². The molecule has 3 heteroatoms. The van der Waals surface area contributed by atoms with Crippen LogP contribution in [0.3, 0.4) is 0 Å². The van der Waals surface area contributed by atoms with E-state index in [1.807, 2.05) is 0 Å². The molecule has 8 aromatic carbocycles. The third-order valence-electron chi connectivity index (χ3n) is 10.2. The van der Waals surface area contributed by atoms with Crippen LogP contribution < -0.4 is 0 Å². The third-order valence-corrected chi connectivity index (χ3v) is 10.2. The average Bonchev–Trinajstić information content (AvgIpc) is 3.78. The lowest BCUT2D eigenvalue weighted by molar-refractivity contribution is 1.22. The van der Waals surface area contributed by atoms with Crippen LogP contribution in [0, 0.1) is 0 Å². The van der Waals surface area contributed by atoms with E-state index >= 15 is 0 Å². The van der Waals surface area contributed by atoms with Gasteiger partial charge < -0.3 is 0 Å². The second-order valence-corrected chi connectivity index (χ2v) is 12.9. The van der Waals surface area contributed by atoms with Crippen molar-refractivity contribution in [3.8, 4) is 33.4 Å². The molecule has 11 aromatic rings. The highest BCUT2D eigenvalue weighted by atomic mass is 15.2. The normalized spacial score (nSPS) is 12.2. The quantitative estimate of drug-likeness (QED) is 0.195. The van der Waals surface area contributed by atoms with Crippen LogP contribution in [0.15, 0.2) is 164 Å². The summed E-state index contributed by atoms with van der Waals surface area (Å²) in [5, 5.41) is 7.38. The summed E-state index contributed by atoms with van der Waals surface area (Å²) in [4.78, 5) is 5.33. The van der Waals surface area contributed by atoms with Gasteiger partial charge in [-0.1, -0.05) is 121 Å². The number of imidazole rings is 2. The summed E-state index contributed by atoms with van der Waals surface area (Å²) < 4.78 is 4.77. The van der Waals surface area contributed by atoms with E-state index in [0.717, 1.165) is 16.8 Å². The lowest BCUT2D eigenvalue weighted by atomic mass is 9.90. The fourth-order valence-electron chi connectivity index (χ4n) is 7.94. The van der Waals surface area contributed by atoms with E-state index in [1.54, 1.807) is 0 Å². The highest BCUT2D eigenvalue weighted by molar-refractivity contribution is 6.20. The third kappa shape index (κ3) is 3.56. The van der Waals surface area contributed by atoms with Crippen molar-refractivity contribution < 1.29 is 0 Å². The van der Waals surface area contributed by atoms with Crippen molar-refractivity contribution in [1.82, 2.24) is 13.8 Å². The van der Waals surface area contributed by atoms with Gasteiger partial charge in [-0.2, -0.15) is 0 Å². The minimum atomic E-state index is 0.948. The SMILES string of the molecule is c1ccc(-c2ccc(-c3ccccc3)c(-c3cc4c5cc6ccccc6cc5n5c4c(c3)n3c4cc6ccccc6cc4nc35)c2)cc1. The molecule has 0 amide bonds. The molecular formula is C45H27N3. The van der Waals surface area contributed by atoms with Crippen LogP contribution in [0.2, 0.25) is 0 Å². The Bertz CT molecular complexity index is 3040. The molecule has 222 valence electrons. The first-order valence-electron chi connectivity index (χ1n) is 16.5. The van der Waals surface area contributed by atoms with E-state index in [0.29, 0.717) is 0 Å². The summed E-state index contributed by atoms with van der Waals surface area (Å²) >= 11 is 0. The van der Waals surface area contributed by atoms with Gasteiger partial charge in [-0.25, -0.2) is 4.98 Å². The molecule has 0 radical (unpaired) electrons. The largest absolute Gasteiger partial charge is 0.277 e. The summed E-state index contributed by atoms with van der Waals surface area (Å²) in [5.41, 5.74) is 12.9. The monoisotopic (exact) mass is 609 g/mol. The van der Waals surface area contributed by atoms with Crippen LogP contribution in [0.25, 0.3) is 99.1 Å². The smallest absolute Gasteiger partial charge is 0.220 e. The maximum Gasteiger partial charge on any atom is 0.220 e. The Balaban J connectivity index is 1.31. The maximum absolute atomic E-state index is 5.33. The van der Waals surface area contributed by atoms with Gasteiger partial charge in [0.15, 0.2) is 0 Å². The molecule has 0 bridgehead atoms. The van der Waals surface area contributed by atoms with Gasteiger partial charge in [0.2, 0.25) is 5.78 Å². The van der Waals surface area contributed by atoms with Gasteiger partial charge in [0.1, 0.15) is 0 Å². The van der Waals surface area contributed by atoms with Gasteiger partial charge in [-0.15, -0.1) is 0 Å². The van der Waals surface area contributed by atoms with E-state index in [1.165, 1.54) is 82.2 Å². The predicted molar refractivity (Wildman–Crippen MR) is 201 cm³/mol. The minimum absolute atomic E-state index is 0.948. The Hall–Kier alpha value is -6.45. The maximum atomic E-state index is 5.33. The highest BCUT2D eigenvalue weighted by Gasteiger charge is 2.23. The molecule has 11 rings (SSSR count). The van der Waals surface area contributed by atoms with Crippen LogP contribution >= 0.6 is 0 Å². The van der Waals surface area contributed by atoms with Crippen LogP contribution in [-0.2, 0) is 0 Å². The molecule has 0 fully saturated rings. The Morgan fingerprint density at radius 1 is 0.354 bits per heavy atom. The van der Waals surface area contributed by atoms with Crippen LogP contribution in [0.4, 0.5) is 0 Å². The number of hydrogen-bond donors (Lipinski definition) is 0. The number of aromatic nitrogens is 3. The van der Waals surface area contributed by atoms with Crippen molar-refractivity contribution in [3.05, 3.63) is 164 Å². The molecule has 0 saturated carbocycles. The molecule has 0 aliphatic carbocycles. The van der Waals surface area contributed by atoms with E-state index < -0.39 is 0 Å². The van der Waals surface area contributed by atoms with Gasteiger partial charge in [0.05, 0.1) is 27.6 Å². The zero-order valence-electron chi connectivity index (χ0n) is 25.9. The van der Waals surface area contributed by atoms with Gasteiger partial charge in [0.25, 0.3) is 0 Å². The Labute approximate surface area is 275 Å². The van der Waals surface area contributed by atoms with E-state index in [4.69, 9.17) is 4.98 Å². The van der Waals surface area contributed by atoms with Gasteiger partial charge in [-0.05, 0) is 97.4 Å². The van der Waals surface area contributed by atoms with Crippen molar-refractivity contribution in [2.24, 2.45) is 0 Å². The van der Waals surface area contributed by atoms with Crippen LogP contribution in [0.5, 0.6) is 0 Å². The highest BCUT2D eigenvalue weighted by Crippen LogP contribution is 2.43. The summed E-state index contributed by atoms with van der Waals surface area (Å²) in [5.74, 6) is 0.948. The van der Waals surface area contributed by atoms with Crippen molar-refractivity contribution in [1.29, 1.82) is 0 Å². The fraction of sp³-hybridized carbons (Fsp3) is 0. The molecule has 0 aliphatic heterocycles. The number of rotatable bonds is 3. The van der Waals surface area contributed by atoms with E-state index in [2.05, 4.69) is 173 Å². The average molecular weight is 610 g/mol. The summed E-state index contributed by atoms with van der Waals surface area (Å²) in [6.45, 7) is 0. The first kappa shape index (κ1) is 25.7. The molecule has 3 aromatic heterocycles. The molecule has 0 saturated heterocycles. The molecule has 3 nitrogen and oxygen atoms in total. The second kappa shape index (κ2) is 9.54. The van der Waals surface area contributed by atoms with Gasteiger partial charge in [-0.3, -0.25) is 8.80 Å². The predicted octanol–water partition coefficient (Wildman–Crippen LogP) is 11.8. The van der Waals surface area contributed by atoms with Crippen LogP contribution in [-0.4, -0.2) is 13.8 Å². The number of benzene rings is 8. The van der Waals surface area contributed by atoms with Crippen molar-refractivity contribution in [2.45, 2.75) is 0 Å². The molecule has 0 unspecified atom stereocenters. The molecule has 0 aliphatic rings. The lowest BCUT2D eigenvalue weighted by Gasteiger charge is -2.14. The summed E-state index contributed by atoms with van der Waals surface area (Å²) in [7, 11) is 0. The van der Waals surface area contributed by atoms with Gasteiger partial charge in [0, 0.05) is 10.8 Å². The minimum Gasteiger partial charge on any atom is -0.277 e. The fourth-order valence-corrected chi connectivity index (χ4v) is 7.94. The Morgan fingerprint density at radius 2 is 0.979 bits per heavy atom. The van der Waals surface area contributed by atoms with Crippen molar-refractivity contribution >= 4 is 65.7 Å². The molecule has 0 atom stereocenters.